The van der Waals surface area contributed by atoms with Gasteiger partial charge in [-0.1, -0.05) is 48.5 Å². The van der Waals surface area contributed by atoms with Gasteiger partial charge in [0.25, 0.3) is 5.91 Å². The van der Waals surface area contributed by atoms with Gasteiger partial charge in [-0.05, 0) is 36.8 Å². The smallest absolute Gasteiger partial charge is 0.268 e. The molecule has 7 nitrogen and oxygen atoms in total. The van der Waals surface area contributed by atoms with Crippen LogP contribution in [0.5, 0.6) is 5.75 Å². The molecule has 2 atom stereocenters. The Balaban J connectivity index is 1.30. The minimum absolute atomic E-state index is 0.0993. The monoisotopic (exact) mass is 469 g/mol. The molecule has 2 N–H and O–H groups in total. The van der Waals surface area contributed by atoms with Crippen LogP contribution in [0.2, 0.25) is 0 Å². The highest BCUT2D eigenvalue weighted by atomic mass is 16.5. The minimum Gasteiger partial charge on any atom is -0.493 e. The number of rotatable bonds is 10. The van der Waals surface area contributed by atoms with Gasteiger partial charge in [0, 0.05) is 23.4 Å². The lowest BCUT2D eigenvalue weighted by Crippen LogP contribution is -2.25. The molecule has 0 aliphatic carbocycles. The molecule has 3 aromatic carbocycles. The molecular weight excluding hydrogens is 442 g/mol. The second-order valence-corrected chi connectivity index (χ2v) is 8.53. The zero-order valence-corrected chi connectivity index (χ0v) is 19.5. The average molecular weight is 470 g/mol. The van der Waals surface area contributed by atoms with E-state index in [4.69, 9.17) is 19.6 Å². The number of carbonyl (C=O) groups excluding carboxylic acids is 1. The number of para-hydroxylation sites is 1. The second kappa shape index (κ2) is 10.0. The summed E-state index contributed by atoms with van der Waals surface area (Å²) in [5.74, 6) is 0.210. The summed E-state index contributed by atoms with van der Waals surface area (Å²) >= 11 is 0. The highest BCUT2D eigenvalue weighted by Crippen LogP contribution is 2.31. The summed E-state index contributed by atoms with van der Waals surface area (Å²) in [7, 11) is 0. The largest absolute Gasteiger partial charge is 0.493 e. The standard InChI is InChI=1S/C28H27N3O4/c1-19(34-17-20-7-3-2-4-8-20)25(31-16-24(28(29)32)30-18-31)13-14-33-21-11-12-27-23(15-21)22-9-5-6-10-26(22)35-27/h2-12,15-16,18-19,25H,13-14,17H2,1H3,(H2,29,32). The van der Waals surface area contributed by atoms with E-state index in [0.717, 1.165) is 33.3 Å². The number of carbonyl (C=O) groups is 1. The highest BCUT2D eigenvalue weighted by Gasteiger charge is 2.22. The first kappa shape index (κ1) is 22.7. The fraction of sp³-hybridized carbons (Fsp3) is 0.214. The van der Waals surface area contributed by atoms with Gasteiger partial charge in [0.1, 0.15) is 22.6 Å². The van der Waals surface area contributed by atoms with Crippen molar-refractivity contribution in [2.45, 2.75) is 32.1 Å². The first-order chi connectivity index (χ1) is 17.1. The molecule has 0 radical (unpaired) electrons. The van der Waals surface area contributed by atoms with Gasteiger partial charge in [0.2, 0.25) is 0 Å². The number of nitrogens with two attached hydrogens (primary N) is 1. The van der Waals surface area contributed by atoms with Crippen LogP contribution in [0, 0.1) is 0 Å². The summed E-state index contributed by atoms with van der Waals surface area (Å²) < 4.78 is 20.1. The van der Waals surface area contributed by atoms with Gasteiger partial charge in [-0.25, -0.2) is 4.98 Å². The number of aromatic nitrogens is 2. The van der Waals surface area contributed by atoms with Crippen molar-refractivity contribution in [3.8, 4) is 5.75 Å². The first-order valence-electron chi connectivity index (χ1n) is 11.6. The number of amides is 1. The van der Waals surface area contributed by atoms with Crippen LogP contribution >= 0.6 is 0 Å². The van der Waals surface area contributed by atoms with E-state index < -0.39 is 5.91 Å². The molecule has 1 amide bonds. The van der Waals surface area contributed by atoms with Crippen molar-refractivity contribution in [3.05, 3.63) is 96.6 Å². The zero-order valence-electron chi connectivity index (χ0n) is 19.5. The van der Waals surface area contributed by atoms with E-state index in [1.165, 1.54) is 0 Å². The van der Waals surface area contributed by atoms with E-state index >= 15 is 0 Å². The average Bonchev–Trinajstić information content (AvgIpc) is 3.51. The third-order valence-electron chi connectivity index (χ3n) is 6.17. The van der Waals surface area contributed by atoms with Crippen molar-refractivity contribution >= 4 is 27.8 Å². The van der Waals surface area contributed by atoms with E-state index in [-0.39, 0.29) is 17.8 Å². The molecule has 5 aromatic rings. The minimum atomic E-state index is -0.558. The third-order valence-corrected chi connectivity index (χ3v) is 6.17. The molecule has 0 aliphatic heterocycles. The number of primary amides is 1. The molecule has 2 heterocycles. The number of fused-ring (bicyclic) bond motifs is 3. The molecule has 2 aromatic heterocycles. The lowest BCUT2D eigenvalue weighted by Gasteiger charge is -2.25. The summed E-state index contributed by atoms with van der Waals surface area (Å²) in [4.78, 5) is 15.7. The Morgan fingerprint density at radius 3 is 2.60 bits per heavy atom. The van der Waals surface area contributed by atoms with E-state index in [9.17, 15) is 4.79 Å². The number of ether oxygens (including phenoxy) is 2. The van der Waals surface area contributed by atoms with Crippen LogP contribution in [0.3, 0.4) is 0 Å². The molecule has 178 valence electrons. The van der Waals surface area contributed by atoms with Crippen molar-refractivity contribution < 1.29 is 18.7 Å². The van der Waals surface area contributed by atoms with E-state index in [1.54, 1.807) is 12.5 Å². The molecule has 0 saturated heterocycles. The predicted molar refractivity (Wildman–Crippen MR) is 134 cm³/mol. The molecule has 5 rings (SSSR count). The van der Waals surface area contributed by atoms with Crippen molar-refractivity contribution in [1.29, 1.82) is 0 Å². The van der Waals surface area contributed by atoms with Crippen LogP contribution in [0.25, 0.3) is 21.9 Å². The van der Waals surface area contributed by atoms with Gasteiger partial charge in [0.05, 0.1) is 31.7 Å². The Labute approximate surface area is 203 Å². The number of benzene rings is 3. The topological polar surface area (TPSA) is 92.5 Å². The molecule has 0 aliphatic rings. The van der Waals surface area contributed by atoms with Crippen molar-refractivity contribution in [1.82, 2.24) is 9.55 Å². The maximum absolute atomic E-state index is 11.6. The summed E-state index contributed by atoms with van der Waals surface area (Å²) in [6, 6.07) is 23.7. The first-order valence-corrected chi connectivity index (χ1v) is 11.6. The van der Waals surface area contributed by atoms with E-state index in [0.29, 0.717) is 19.6 Å². The Bertz CT molecular complexity index is 1440. The van der Waals surface area contributed by atoms with Crippen LogP contribution in [-0.4, -0.2) is 28.2 Å². The van der Waals surface area contributed by atoms with Crippen molar-refractivity contribution in [3.63, 3.8) is 0 Å². The molecule has 7 heteroatoms. The molecule has 35 heavy (non-hydrogen) atoms. The van der Waals surface area contributed by atoms with E-state index in [1.807, 2.05) is 84.3 Å². The normalized spacial score (nSPS) is 13.2. The summed E-state index contributed by atoms with van der Waals surface area (Å²) in [6.45, 7) is 2.96. The lowest BCUT2D eigenvalue weighted by atomic mass is 10.1. The van der Waals surface area contributed by atoms with Crippen molar-refractivity contribution in [2.24, 2.45) is 5.73 Å². The molecule has 0 bridgehead atoms. The van der Waals surface area contributed by atoms with Gasteiger partial charge in [-0.15, -0.1) is 0 Å². The number of imidazole rings is 1. The van der Waals surface area contributed by atoms with Gasteiger partial charge in [-0.3, -0.25) is 4.79 Å². The van der Waals surface area contributed by atoms with Crippen molar-refractivity contribution in [2.75, 3.05) is 6.61 Å². The number of hydrogen-bond acceptors (Lipinski definition) is 5. The Morgan fingerprint density at radius 2 is 1.80 bits per heavy atom. The second-order valence-electron chi connectivity index (χ2n) is 8.53. The maximum Gasteiger partial charge on any atom is 0.268 e. The third kappa shape index (κ3) is 5.05. The SMILES string of the molecule is CC(OCc1ccccc1)C(CCOc1ccc2oc3ccccc3c2c1)n1cnc(C(N)=O)c1. The van der Waals surface area contributed by atoms with Crippen LogP contribution < -0.4 is 10.5 Å². The molecule has 0 fully saturated rings. The maximum atomic E-state index is 11.6. The predicted octanol–water partition coefficient (Wildman–Crippen LogP) is 5.50. The summed E-state index contributed by atoms with van der Waals surface area (Å²) in [5, 5.41) is 2.08. The van der Waals surface area contributed by atoms with Crippen LogP contribution in [0.4, 0.5) is 0 Å². The van der Waals surface area contributed by atoms with Crippen LogP contribution in [-0.2, 0) is 11.3 Å². The Kier molecular flexibility index (Phi) is 6.50. The van der Waals surface area contributed by atoms with E-state index in [2.05, 4.69) is 4.98 Å². The number of furan rings is 1. The van der Waals surface area contributed by atoms with Gasteiger partial charge in [0.15, 0.2) is 0 Å². The fourth-order valence-corrected chi connectivity index (χ4v) is 4.28. The number of hydrogen-bond donors (Lipinski definition) is 1. The molecular formula is C28H27N3O4. The highest BCUT2D eigenvalue weighted by molar-refractivity contribution is 6.05. The molecule has 0 saturated carbocycles. The fourth-order valence-electron chi connectivity index (χ4n) is 4.28. The lowest BCUT2D eigenvalue weighted by molar-refractivity contribution is 0.0113. The van der Waals surface area contributed by atoms with Crippen LogP contribution in [0.15, 0.2) is 89.7 Å². The number of nitrogens with zero attached hydrogens (tertiary/aromatic N) is 2. The molecule has 0 spiro atoms. The zero-order chi connectivity index (χ0) is 24.2. The van der Waals surface area contributed by atoms with Crippen LogP contribution in [0.1, 0.15) is 35.4 Å². The Morgan fingerprint density at radius 1 is 1.03 bits per heavy atom. The van der Waals surface area contributed by atoms with Gasteiger partial charge >= 0.3 is 0 Å². The van der Waals surface area contributed by atoms with Gasteiger partial charge < -0.3 is 24.2 Å². The Hall–Kier alpha value is -4.10. The van der Waals surface area contributed by atoms with Gasteiger partial charge in [-0.2, -0.15) is 0 Å². The molecule has 2 unspecified atom stereocenters. The summed E-state index contributed by atoms with van der Waals surface area (Å²) in [5.41, 5.74) is 8.42. The summed E-state index contributed by atoms with van der Waals surface area (Å²) in [6.07, 6.45) is 3.78. The quantitative estimate of drug-likeness (QED) is 0.292.